The van der Waals surface area contributed by atoms with Gasteiger partial charge in [0.05, 0.1) is 8.07 Å². The van der Waals surface area contributed by atoms with Crippen molar-refractivity contribution in [2.45, 2.75) is 26.1 Å². The van der Waals surface area contributed by atoms with E-state index in [4.69, 9.17) is 5.73 Å². The van der Waals surface area contributed by atoms with E-state index in [-0.39, 0.29) is 0 Å². The normalized spacial score (nSPS) is 12.9. The second kappa shape index (κ2) is 3.85. The van der Waals surface area contributed by atoms with Crippen molar-refractivity contribution in [3.8, 4) is 0 Å². The summed E-state index contributed by atoms with van der Waals surface area (Å²) < 4.78 is 0. The van der Waals surface area contributed by atoms with Crippen molar-refractivity contribution in [1.29, 1.82) is 0 Å². The van der Waals surface area contributed by atoms with Crippen LogP contribution < -0.4 is 5.73 Å². The number of hydrogen-bond donors (Lipinski definition) is 1. The van der Waals surface area contributed by atoms with Crippen LogP contribution >= 0.6 is 0 Å². The Bertz CT molecular complexity index is 91.6. The van der Waals surface area contributed by atoms with Crippen LogP contribution in [0.4, 0.5) is 0 Å². The summed E-state index contributed by atoms with van der Waals surface area (Å²) in [6.07, 6.45) is 3.23. The quantitative estimate of drug-likeness (QED) is 0.599. The lowest BCUT2D eigenvalue weighted by molar-refractivity contribution is 1.01. The Balaban J connectivity index is 3.45. The summed E-state index contributed by atoms with van der Waals surface area (Å²) in [6, 6.07) is 0. The standard InChI is InChI=1S/C7H17NSi/c1-9(2,3)7-5-4-6-8/h5,7H,4,6,8H2,1-3H3/b7-5+. The predicted molar refractivity (Wildman–Crippen MR) is 46.2 cm³/mol. The highest BCUT2D eigenvalue weighted by Gasteiger charge is 2.05. The van der Waals surface area contributed by atoms with E-state index < -0.39 is 8.07 Å². The second-order valence-electron chi connectivity index (χ2n) is 3.35. The Morgan fingerprint density at radius 1 is 1.33 bits per heavy atom. The van der Waals surface area contributed by atoms with Gasteiger partial charge in [-0.05, 0) is 13.0 Å². The maximum atomic E-state index is 5.32. The third-order valence-electron chi connectivity index (χ3n) is 0.951. The zero-order valence-corrected chi connectivity index (χ0v) is 7.65. The fraction of sp³-hybridized carbons (Fsp3) is 0.714. The van der Waals surface area contributed by atoms with Gasteiger partial charge in [0.1, 0.15) is 0 Å². The van der Waals surface area contributed by atoms with Crippen LogP contribution in [0.5, 0.6) is 0 Å². The molecule has 2 heteroatoms. The summed E-state index contributed by atoms with van der Waals surface area (Å²) >= 11 is 0. The zero-order valence-electron chi connectivity index (χ0n) is 6.65. The van der Waals surface area contributed by atoms with Crippen LogP contribution in [0.2, 0.25) is 19.6 Å². The van der Waals surface area contributed by atoms with Crippen LogP contribution in [0.15, 0.2) is 11.8 Å². The molecule has 0 radical (unpaired) electrons. The molecule has 0 saturated heterocycles. The third-order valence-corrected chi connectivity index (χ3v) is 2.19. The summed E-state index contributed by atoms with van der Waals surface area (Å²) in [5, 5.41) is 0. The van der Waals surface area contributed by atoms with Crippen molar-refractivity contribution in [2.75, 3.05) is 6.54 Å². The maximum absolute atomic E-state index is 5.32. The monoisotopic (exact) mass is 143 g/mol. The molecule has 0 amide bonds. The van der Waals surface area contributed by atoms with Crippen molar-refractivity contribution in [3.63, 3.8) is 0 Å². The highest BCUT2D eigenvalue weighted by Crippen LogP contribution is 2.01. The van der Waals surface area contributed by atoms with Gasteiger partial charge in [-0.3, -0.25) is 0 Å². The van der Waals surface area contributed by atoms with E-state index in [1.54, 1.807) is 0 Å². The molecule has 0 fully saturated rings. The molecule has 0 aliphatic rings. The third kappa shape index (κ3) is 7.92. The minimum atomic E-state index is -0.931. The lowest BCUT2D eigenvalue weighted by Gasteiger charge is -2.07. The lowest BCUT2D eigenvalue weighted by Crippen LogP contribution is -2.15. The van der Waals surface area contributed by atoms with E-state index in [0.717, 1.165) is 13.0 Å². The first-order chi connectivity index (χ1) is 4.06. The van der Waals surface area contributed by atoms with E-state index in [2.05, 4.69) is 31.4 Å². The summed E-state index contributed by atoms with van der Waals surface area (Å²) in [7, 11) is -0.931. The van der Waals surface area contributed by atoms with Gasteiger partial charge in [-0.15, -0.1) is 0 Å². The predicted octanol–water partition coefficient (Wildman–Crippen LogP) is 1.77. The average molecular weight is 143 g/mol. The Morgan fingerprint density at radius 3 is 2.22 bits per heavy atom. The van der Waals surface area contributed by atoms with Gasteiger partial charge in [-0.1, -0.05) is 31.4 Å². The smallest absolute Gasteiger partial charge is 0.0682 e. The molecule has 0 aromatic heterocycles. The Hall–Kier alpha value is -0.0831. The highest BCUT2D eigenvalue weighted by molar-refractivity contribution is 6.80. The molecule has 54 valence electrons. The molecular weight excluding hydrogens is 126 g/mol. The number of hydrogen-bond acceptors (Lipinski definition) is 1. The molecule has 0 aromatic rings. The van der Waals surface area contributed by atoms with Crippen LogP contribution in [0.3, 0.4) is 0 Å². The summed E-state index contributed by atoms with van der Waals surface area (Å²) in [5.74, 6) is 0. The largest absolute Gasteiger partial charge is 0.330 e. The first-order valence-corrected chi connectivity index (χ1v) is 7.02. The first kappa shape index (κ1) is 8.92. The molecule has 0 rings (SSSR count). The van der Waals surface area contributed by atoms with Crippen LogP contribution in [0, 0.1) is 0 Å². The zero-order chi connectivity index (χ0) is 7.33. The topological polar surface area (TPSA) is 26.0 Å². The molecule has 0 aliphatic heterocycles. The minimum Gasteiger partial charge on any atom is -0.330 e. The maximum Gasteiger partial charge on any atom is 0.0682 e. The molecule has 0 heterocycles. The van der Waals surface area contributed by atoms with Gasteiger partial charge < -0.3 is 5.73 Å². The molecule has 0 aliphatic carbocycles. The summed E-state index contributed by atoms with van der Waals surface area (Å²) in [4.78, 5) is 0. The van der Waals surface area contributed by atoms with Crippen molar-refractivity contribution in [1.82, 2.24) is 0 Å². The fourth-order valence-electron chi connectivity index (χ4n) is 0.533. The second-order valence-corrected chi connectivity index (χ2v) is 8.41. The Morgan fingerprint density at radius 2 is 1.89 bits per heavy atom. The molecular formula is C7H17NSi. The highest BCUT2D eigenvalue weighted by atomic mass is 28.3. The molecule has 0 atom stereocenters. The van der Waals surface area contributed by atoms with E-state index in [0.29, 0.717) is 0 Å². The van der Waals surface area contributed by atoms with Crippen LogP contribution in [0.25, 0.3) is 0 Å². The molecule has 0 saturated carbocycles. The molecule has 9 heavy (non-hydrogen) atoms. The van der Waals surface area contributed by atoms with E-state index in [1.165, 1.54) is 0 Å². The molecule has 0 unspecified atom stereocenters. The van der Waals surface area contributed by atoms with Crippen molar-refractivity contribution < 1.29 is 0 Å². The molecule has 0 aromatic carbocycles. The summed E-state index contributed by atoms with van der Waals surface area (Å²) in [5.41, 5.74) is 7.66. The van der Waals surface area contributed by atoms with Crippen LogP contribution in [0.1, 0.15) is 6.42 Å². The SMILES string of the molecule is C[Si](C)(C)/C=C/CCN. The van der Waals surface area contributed by atoms with Gasteiger partial charge in [0.25, 0.3) is 0 Å². The van der Waals surface area contributed by atoms with E-state index in [9.17, 15) is 0 Å². The minimum absolute atomic E-state index is 0.779. The van der Waals surface area contributed by atoms with Crippen molar-refractivity contribution in [3.05, 3.63) is 11.8 Å². The Kier molecular flexibility index (Phi) is 3.82. The molecule has 0 bridgehead atoms. The average Bonchev–Trinajstić information content (AvgIpc) is 1.63. The fourth-order valence-corrected chi connectivity index (χ4v) is 1.41. The Labute approximate surface area is 59.0 Å². The number of rotatable bonds is 3. The van der Waals surface area contributed by atoms with Gasteiger partial charge in [0.2, 0.25) is 0 Å². The van der Waals surface area contributed by atoms with Crippen molar-refractivity contribution in [2.24, 2.45) is 5.73 Å². The van der Waals surface area contributed by atoms with Crippen LogP contribution in [-0.2, 0) is 0 Å². The molecule has 1 nitrogen and oxygen atoms in total. The molecule has 2 N–H and O–H groups in total. The van der Waals surface area contributed by atoms with Gasteiger partial charge in [-0.25, -0.2) is 0 Å². The van der Waals surface area contributed by atoms with Gasteiger partial charge in [0.15, 0.2) is 0 Å². The number of nitrogens with two attached hydrogens (primary N) is 1. The van der Waals surface area contributed by atoms with Gasteiger partial charge >= 0.3 is 0 Å². The van der Waals surface area contributed by atoms with Crippen molar-refractivity contribution >= 4 is 8.07 Å². The van der Waals surface area contributed by atoms with Crippen LogP contribution in [-0.4, -0.2) is 14.6 Å². The van der Waals surface area contributed by atoms with E-state index >= 15 is 0 Å². The van der Waals surface area contributed by atoms with Gasteiger partial charge in [0, 0.05) is 0 Å². The molecule has 0 spiro atoms. The first-order valence-electron chi connectivity index (χ1n) is 3.44. The van der Waals surface area contributed by atoms with Gasteiger partial charge in [-0.2, -0.15) is 0 Å². The van der Waals surface area contributed by atoms with E-state index in [1.807, 2.05) is 0 Å². The summed E-state index contributed by atoms with van der Waals surface area (Å²) in [6.45, 7) is 7.74. The lowest BCUT2D eigenvalue weighted by atomic mass is 10.4.